The maximum atomic E-state index is 13.4. The lowest BCUT2D eigenvalue weighted by molar-refractivity contribution is -0.141. The number of hydrogen-bond acceptors (Lipinski definition) is 6. The quantitative estimate of drug-likeness (QED) is 0.451. The summed E-state index contributed by atoms with van der Waals surface area (Å²) in [4.78, 5) is 37.0. The molecular formula is C24H28N4O3. The predicted molar refractivity (Wildman–Crippen MR) is 123 cm³/mol. The summed E-state index contributed by atoms with van der Waals surface area (Å²) in [6.07, 6.45) is 3.24. The number of anilines is 1. The van der Waals surface area contributed by atoms with E-state index in [1.54, 1.807) is 36.4 Å². The Kier molecular flexibility index (Phi) is 6.53. The number of benzene rings is 1. The fourth-order valence-electron chi connectivity index (χ4n) is 3.15. The number of rotatable bonds is 6. The molecule has 0 aliphatic rings. The first-order valence-electron chi connectivity index (χ1n) is 10.2. The molecule has 2 aromatic heterocycles. The highest BCUT2D eigenvalue weighted by molar-refractivity contribution is 5.89. The largest absolute Gasteiger partial charge is 0.467 e. The number of fused-ring (bicyclic) bond motifs is 1. The molecule has 0 bridgehead atoms. The van der Waals surface area contributed by atoms with Gasteiger partial charge in [-0.25, -0.2) is 9.78 Å². The van der Waals surface area contributed by atoms with Crippen molar-refractivity contribution < 1.29 is 9.53 Å². The molecule has 0 saturated carbocycles. The average Bonchev–Trinajstić information content (AvgIpc) is 2.76. The Morgan fingerprint density at radius 3 is 2.52 bits per heavy atom. The van der Waals surface area contributed by atoms with Gasteiger partial charge in [-0.2, -0.15) is 0 Å². The second-order valence-electron chi connectivity index (χ2n) is 8.32. The zero-order chi connectivity index (χ0) is 22.6. The van der Waals surface area contributed by atoms with Crippen LogP contribution in [0, 0.1) is 0 Å². The maximum Gasteiger partial charge on any atom is 0.328 e. The van der Waals surface area contributed by atoms with Gasteiger partial charge >= 0.3 is 5.97 Å². The van der Waals surface area contributed by atoms with Crippen molar-refractivity contribution in [3.05, 3.63) is 76.2 Å². The van der Waals surface area contributed by atoms with Gasteiger partial charge in [-0.1, -0.05) is 36.4 Å². The number of methoxy groups -OCH3 is 1. The molecule has 0 aliphatic heterocycles. The SMILES string of the molecule is COC(=O)[C@@H](C)N(Cc1ccccc1)c1nc2ccccn2c(=O)c1C=NC(C)(C)C. The number of aromatic nitrogens is 2. The van der Waals surface area contributed by atoms with Crippen LogP contribution in [0.3, 0.4) is 0 Å². The van der Waals surface area contributed by atoms with Crippen LogP contribution in [0.15, 0.2) is 64.5 Å². The van der Waals surface area contributed by atoms with E-state index in [1.165, 1.54) is 11.5 Å². The number of ether oxygens (including phenoxy) is 1. The van der Waals surface area contributed by atoms with Crippen molar-refractivity contribution in [1.82, 2.24) is 9.38 Å². The predicted octanol–water partition coefficient (Wildman–Crippen LogP) is 3.48. The first kappa shape index (κ1) is 22.2. The molecule has 0 amide bonds. The van der Waals surface area contributed by atoms with Crippen molar-refractivity contribution in [1.29, 1.82) is 0 Å². The zero-order valence-electron chi connectivity index (χ0n) is 18.6. The molecule has 0 spiro atoms. The Morgan fingerprint density at radius 2 is 1.87 bits per heavy atom. The maximum absolute atomic E-state index is 13.4. The second kappa shape index (κ2) is 9.12. The van der Waals surface area contributed by atoms with Crippen molar-refractivity contribution in [2.24, 2.45) is 4.99 Å². The fraction of sp³-hybridized carbons (Fsp3) is 0.333. The average molecular weight is 421 g/mol. The van der Waals surface area contributed by atoms with Gasteiger partial charge in [0.15, 0.2) is 0 Å². The van der Waals surface area contributed by atoms with Gasteiger partial charge in [0, 0.05) is 19.0 Å². The molecule has 31 heavy (non-hydrogen) atoms. The summed E-state index contributed by atoms with van der Waals surface area (Å²) in [5, 5.41) is 0. The van der Waals surface area contributed by atoms with E-state index in [1.807, 2.05) is 57.2 Å². The van der Waals surface area contributed by atoms with Crippen LogP contribution in [0.1, 0.15) is 38.8 Å². The smallest absolute Gasteiger partial charge is 0.328 e. The van der Waals surface area contributed by atoms with E-state index < -0.39 is 12.0 Å². The fourth-order valence-corrected chi connectivity index (χ4v) is 3.15. The molecule has 7 nitrogen and oxygen atoms in total. The molecule has 0 aliphatic carbocycles. The third-order valence-corrected chi connectivity index (χ3v) is 4.81. The number of carbonyl (C=O) groups is 1. The van der Waals surface area contributed by atoms with Crippen LogP contribution in [-0.2, 0) is 16.1 Å². The first-order valence-corrected chi connectivity index (χ1v) is 10.2. The Balaban J connectivity index is 2.26. The van der Waals surface area contributed by atoms with Gasteiger partial charge in [-0.15, -0.1) is 0 Å². The van der Waals surface area contributed by atoms with Crippen molar-refractivity contribution in [3.63, 3.8) is 0 Å². The summed E-state index contributed by atoms with van der Waals surface area (Å²) in [5.74, 6) is -0.0179. The van der Waals surface area contributed by atoms with Crippen LogP contribution in [0.2, 0.25) is 0 Å². The van der Waals surface area contributed by atoms with Crippen LogP contribution in [0.4, 0.5) is 5.82 Å². The van der Waals surface area contributed by atoms with Crippen molar-refractivity contribution in [2.75, 3.05) is 12.0 Å². The Bertz CT molecular complexity index is 1150. The van der Waals surface area contributed by atoms with Gasteiger partial charge < -0.3 is 9.64 Å². The monoisotopic (exact) mass is 420 g/mol. The number of nitrogens with zero attached hydrogens (tertiary/aromatic N) is 4. The molecule has 0 radical (unpaired) electrons. The summed E-state index contributed by atoms with van der Waals surface area (Å²) >= 11 is 0. The number of hydrogen-bond donors (Lipinski definition) is 0. The first-order chi connectivity index (χ1) is 14.7. The van der Waals surface area contributed by atoms with E-state index in [4.69, 9.17) is 9.72 Å². The van der Waals surface area contributed by atoms with E-state index in [0.717, 1.165) is 5.56 Å². The number of esters is 1. The molecular weight excluding hydrogens is 392 g/mol. The van der Waals surface area contributed by atoms with Crippen molar-refractivity contribution in [2.45, 2.75) is 45.8 Å². The number of aliphatic imine (C=N–C) groups is 1. The minimum absolute atomic E-state index is 0.247. The van der Waals surface area contributed by atoms with Crippen LogP contribution in [0.25, 0.3) is 5.65 Å². The molecule has 7 heteroatoms. The van der Waals surface area contributed by atoms with Crippen molar-refractivity contribution >= 4 is 23.6 Å². The van der Waals surface area contributed by atoms with Gasteiger partial charge in [0.25, 0.3) is 5.56 Å². The van der Waals surface area contributed by atoms with Crippen LogP contribution in [0.5, 0.6) is 0 Å². The van der Waals surface area contributed by atoms with Crippen LogP contribution in [-0.4, -0.2) is 40.3 Å². The standard InChI is InChI=1S/C24H28N4O3/c1-17(23(30)31-5)28(16-18-11-7-6-8-12-18)21-19(15-25-24(2,3)4)22(29)27-14-10-9-13-20(27)26-21/h6-15,17H,16H2,1-5H3/t17-/m1/s1. The van der Waals surface area contributed by atoms with Gasteiger partial charge in [0.2, 0.25) is 0 Å². The molecule has 3 aromatic rings. The number of pyridine rings is 1. The lowest BCUT2D eigenvalue weighted by Crippen LogP contribution is -2.42. The summed E-state index contributed by atoms with van der Waals surface area (Å²) in [6, 6.07) is 14.4. The van der Waals surface area contributed by atoms with E-state index in [-0.39, 0.29) is 11.1 Å². The summed E-state index contributed by atoms with van der Waals surface area (Å²) in [6.45, 7) is 7.98. The third-order valence-electron chi connectivity index (χ3n) is 4.81. The summed E-state index contributed by atoms with van der Waals surface area (Å²) in [7, 11) is 1.35. The zero-order valence-corrected chi connectivity index (χ0v) is 18.6. The highest BCUT2D eigenvalue weighted by Crippen LogP contribution is 2.22. The molecule has 1 aromatic carbocycles. The Morgan fingerprint density at radius 1 is 1.19 bits per heavy atom. The molecule has 0 fully saturated rings. The Hall–Kier alpha value is -3.48. The molecule has 3 rings (SSSR count). The van der Waals surface area contributed by atoms with E-state index in [9.17, 15) is 9.59 Å². The highest BCUT2D eigenvalue weighted by Gasteiger charge is 2.27. The van der Waals surface area contributed by atoms with Crippen molar-refractivity contribution in [3.8, 4) is 0 Å². The molecule has 0 unspecified atom stereocenters. The molecule has 162 valence electrons. The summed E-state index contributed by atoms with van der Waals surface area (Å²) in [5.41, 5.74) is 1.17. The van der Waals surface area contributed by atoms with E-state index >= 15 is 0 Å². The number of carbonyl (C=O) groups excluding carboxylic acids is 1. The lowest BCUT2D eigenvalue weighted by Gasteiger charge is -2.30. The van der Waals surface area contributed by atoms with Gasteiger partial charge in [-0.05, 0) is 45.4 Å². The lowest BCUT2D eigenvalue weighted by atomic mass is 10.1. The second-order valence-corrected chi connectivity index (χ2v) is 8.32. The van der Waals surface area contributed by atoms with E-state index in [2.05, 4.69) is 4.99 Å². The minimum Gasteiger partial charge on any atom is -0.467 e. The topological polar surface area (TPSA) is 76.3 Å². The molecule has 0 N–H and O–H groups in total. The normalized spacial score (nSPS) is 12.8. The minimum atomic E-state index is -0.662. The third kappa shape index (κ3) is 5.17. The van der Waals surface area contributed by atoms with Crippen LogP contribution < -0.4 is 10.5 Å². The van der Waals surface area contributed by atoms with Crippen LogP contribution >= 0.6 is 0 Å². The highest BCUT2D eigenvalue weighted by atomic mass is 16.5. The van der Waals surface area contributed by atoms with Gasteiger partial charge in [0.1, 0.15) is 23.1 Å². The molecule has 1 atom stereocenters. The summed E-state index contributed by atoms with van der Waals surface area (Å²) < 4.78 is 6.48. The van der Waals surface area contributed by atoms with Gasteiger partial charge in [-0.3, -0.25) is 14.2 Å². The molecule has 0 saturated heterocycles. The van der Waals surface area contributed by atoms with Gasteiger partial charge in [0.05, 0.1) is 12.6 Å². The Labute approximate surface area is 182 Å². The molecule has 2 heterocycles. The van der Waals surface area contributed by atoms with E-state index in [0.29, 0.717) is 23.6 Å².